The van der Waals surface area contributed by atoms with Gasteiger partial charge in [-0.3, -0.25) is 10.6 Å². The van der Waals surface area contributed by atoms with E-state index >= 15 is 0 Å². The zero-order valence-corrected chi connectivity index (χ0v) is 11.4. The summed E-state index contributed by atoms with van der Waals surface area (Å²) in [7, 11) is 0. The molecule has 4 N–H and O–H groups in total. The van der Waals surface area contributed by atoms with Gasteiger partial charge in [-0.05, 0) is 50.2 Å². The Hall–Kier alpha value is -1.59. The molecule has 0 spiro atoms. The van der Waals surface area contributed by atoms with E-state index in [1.807, 2.05) is 0 Å². The molecule has 1 amide bonds. The molecule has 0 saturated carbocycles. The Morgan fingerprint density at radius 1 is 1.42 bits per heavy atom. The Labute approximate surface area is 114 Å². The van der Waals surface area contributed by atoms with Gasteiger partial charge in [0.05, 0.1) is 0 Å². The fraction of sp³-hybridized carbons (Fsp3) is 0.500. The number of nitrogens with zero attached hydrogens (tertiary/aromatic N) is 1. The van der Waals surface area contributed by atoms with Crippen LogP contribution in [0.3, 0.4) is 0 Å². The zero-order chi connectivity index (χ0) is 13.7. The molecule has 5 nitrogen and oxygen atoms in total. The lowest BCUT2D eigenvalue weighted by Crippen LogP contribution is -2.47. The minimum absolute atomic E-state index is 0.00785. The summed E-state index contributed by atoms with van der Waals surface area (Å²) in [6.45, 7) is 5.29. The average Bonchev–Trinajstić information content (AvgIpc) is 2.47. The summed E-state index contributed by atoms with van der Waals surface area (Å²) in [5.74, 6) is 5.29. The number of nitrogen functional groups attached to an aromatic ring is 1. The maximum absolute atomic E-state index is 12.1. The molecule has 1 unspecified atom stereocenters. The molecule has 0 bridgehead atoms. The summed E-state index contributed by atoms with van der Waals surface area (Å²) in [5.41, 5.74) is 4.02. The molecular weight excluding hydrogens is 240 g/mol. The Morgan fingerprint density at radius 3 is 2.79 bits per heavy atom. The van der Waals surface area contributed by atoms with E-state index in [9.17, 15) is 4.79 Å². The van der Waals surface area contributed by atoms with E-state index in [-0.39, 0.29) is 11.9 Å². The lowest BCUT2D eigenvalue weighted by Gasteiger charge is -2.32. The quantitative estimate of drug-likeness (QED) is 0.563. The van der Waals surface area contributed by atoms with Gasteiger partial charge in [0, 0.05) is 23.8 Å². The predicted octanol–water partition coefficient (Wildman–Crippen LogP) is 1.19. The highest BCUT2D eigenvalue weighted by Gasteiger charge is 2.20. The number of carbonyl (C=O) groups is 1. The summed E-state index contributed by atoms with van der Waals surface area (Å²) in [6.07, 6.45) is 2.21. The van der Waals surface area contributed by atoms with Crippen molar-refractivity contribution >= 4 is 11.6 Å². The molecule has 1 heterocycles. The Balaban J connectivity index is 1.92. The van der Waals surface area contributed by atoms with Crippen LogP contribution in [0.2, 0.25) is 0 Å². The van der Waals surface area contributed by atoms with E-state index < -0.39 is 0 Å². The highest BCUT2D eigenvalue weighted by molar-refractivity contribution is 5.94. The SMILES string of the molecule is CCN1CCCC(NC(=O)c2ccc(NN)cc2)C1. The van der Waals surface area contributed by atoms with Crippen LogP contribution >= 0.6 is 0 Å². The van der Waals surface area contributed by atoms with Crippen LogP contribution in [0.25, 0.3) is 0 Å². The first-order valence-electron chi connectivity index (χ1n) is 6.83. The van der Waals surface area contributed by atoms with Crippen molar-refractivity contribution in [3.05, 3.63) is 29.8 Å². The second-order valence-electron chi connectivity index (χ2n) is 4.93. The predicted molar refractivity (Wildman–Crippen MR) is 76.9 cm³/mol. The maximum atomic E-state index is 12.1. The molecule has 1 aliphatic rings. The number of likely N-dealkylation sites (N-methyl/N-ethyl adjacent to an activating group) is 1. The number of rotatable bonds is 4. The summed E-state index contributed by atoms with van der Waals surface area (Å²) in [4.78, 5) is 14.5. The minimum atomic E-state index is -0.00785. The summed E-state index contributed by atoms with van der Waals surface area (Å²) in [6, 6.07) is 7.42. The van der Waals surface area contributed by atoms with Gasteiger partial charge in [0.1, 0.15) is 0 Å². The van der Waals surface area contributed by atoms with Gasteiger partial charge in [0.15, 0.2) is 0 Å². The highest BCUT2D eigenvalue weighted by Crippen LogP contribution is 2.12. The number of hydrogen-bond acceptors (Lipinski definition) is 4. The van der Waals surface area contributed by atoms with Crippen LogP contribution in [0.5, 0.6) is 0 Å². The molecule has 1 aromatic rings. The number of nitrogens with two attached hydrogens (primary N) is 1. The first-order chi connectivity index (χ1) is 9.22. The molecular formula is C14H22N4O. The second kappa shape index (κ2) is 6.54. The third-order valence-corrected chi connectivity index (χ3v) is 3.60. The molecule has 1 saturated heterocycles. The molecule has 1 atom stereocenters. The van der Waals surface area contributed by atoms with Gasteiger partial charge in [-0.25, -0.2) is 0 Å². The van der Waals surface area contributed by atoms with Crippen LogP contribution in [0.1, 0.15) is 30.1 Å². The largest absolute Gasteiger partial charge is 0.348 e. The number of carbonyl (C=O) groups excluding carboxylic acids is 1. The number of hydrazine groups is 1. The normalized spacial score (nSPS) is 20.0. The first kappa shape index (κ1) is 13.8. The zero-order valence-electron chi connectivity index (χ0n) is 11.4. The van der Waals surface area contributed by atoms with Crippen LogP contribution in [0.15, 0.2) is 24.3 Å². The van der Waals surface area contributed by atoms with Gasteiger partial charge in [-0.1, -0.05) is 6.92 Å². The molecule has 1 aromatic carbocycles. The molecule has 0 aromatic heterocycles. The van der Waals surface area contributed by atoms with Gasteiger partial charge >= 0.3 is 0 Å². The van der Waals surface area contributed by atoms with Crippen molar-refractivity contribution in [2.45, 2.75) is 25.8 Å². The molecule has 1 fully saturated rings. The monoisotopic (exact) mass is 262 g/mol. The van der Waals surface area contributed by atoms with Crippen molar-refractivity contribution in [1.29, 1.82) is 0 Å². The van der Waals surface area contributed by atoms with Gasteiger partial charge in [-0.15, -0.1) is 0 Å². The number of benzene rings is 1. The van der Waals surface area contributed by atoms with Crippen molar-refractivity contribution in [2.75, 3.05) is 25.1 Å². The fourth-order valence-electron chi connectivity index (χ4n) is 2.45. The van der Waals surface area contributed by atoms with E-state index in [1.54, 1.807) is 24.3 Å². The van der Waals surface area contributed by atoms with Gasteiger partial charge in [0.25, 0.3) is 5.91 Å². The first-order valence-corrected chi connectivity index (χ1v) is 6.83. The van der Waals surface area contributed by atoms with Crippen LogP contribution in [0, 0.1) is 0 Å². The fourth-order valence-corrected chi connectivity index (χ4v) is 2.45. The average molecular weight is 262 g/mol. The number of nitrogens with one attached hydrogen (secondary N) is 2. The molecule has 0 radical (unpaired) electrons. The van der Waals surface area contributed by atoms with Gasteiger partial charge in [0.2, 0.25) is 0 Å². The Morgan fingerprint density at radius 2 is 2.16 bits per heavy atom. The van der Waals surface area contributed by atoms with Gasteiger partial charge < -0.3 is 15.6 Å². The van der Waals surface area contributed by atoms with Gasteiger partial charge in [-0.2, -0.15) is 0 Å². The van der Waals surface area contributed by atoms with Crippen LogP contribution in [-0.4, -0.2) is 36.5 Å². The molecule has 19 heavy (non-hydrogen) atoms. The molecule has 0 aliphatic carbocycles. The van der Waals surface area contributed by atoms with Crippen molar-refractivity contribution in [3.8, 4) is 0 Å². The topological polar surface area (TPSA) is 70.4 Å². The summed E-state index contributed by atoms with van der Waals surface area (Å²) >= 11 is 0. The maximum Gasteiger partial charge on any atom is 0.251 e. The van der Waals surface area contributed by atoms with Crippen molar-refractivity contribution < 1.29 is 4.79 Å². The number of piperidine rings is 1. The molecule has 104 valence electrons. The van der Waals surface area contributed by atoms with Crippen molar-refractivity contribution in [1.82, 2.24) is 10.2 Å². The summed E-state index contributed by atoms with van der Waals surface area (Å²) < 4.78 is 0. The number of amides is 1. The van der Waals surface area contributed by atoms with E-state index in [0.717, 1.165) is 38.2 Å². The van der Waals surface area contributed by atoms with Crippen molar-refractivity contribution in [3.63, 3.8) is 0 Å². The second-order valence-corrected chi connectivity index (χ2v) is 4.93. The number of likely N-dealkylation sites (tertiary alicyclic amines) is 1. The summed E-state index contributed by atoms with van der Waals surface area (Å²) in [5, 5.41) is 3.10. The van der Waals surface area contributed by atoms with Crippen LogP contribution in [0.4, 0.5) is 5.69 Å². The van der Waals surface area contributed by atoms with E-state index in [2.05, 4.69) is 22.6 Å². The molecule has 5 heteroatoms. The minimum Gasteiger partial charge on any atom is -0.348 e. The lowest BCUT2D eigenvalue weighted by atomic mass is 10.1. The Bertz CT molecular complexity index is 418. The Kier molecular flexibility index (Phi) is 4.76. The standard InChI is InChI=1S/C14H22N4O/c1-2-18-9-3-4-13(10-18)16-14(19)11-5-7-12(17-15)8-6-11/h5-8,13,17H,2-4,9-10,15H2,1H3,(H,16,19). The third-order valence-electron chi connectivity index (χ3n) is 3.60. The van der Waals surface area contributed by atoms with Crippen molar-refractivity contribution in [2.24, 2.45) is 5.84 Å². The van der Waals surface area contributed by atoms with E-state index in [4.69, 9.17) is 5.84 Å². The smallest absolute Gasteiger partial charge is 0.251 e. The van der Waals surface area contributed by atoms with E-state index in [0.29, 0.717) is 5.56 Å². The highest BCUT2D eigenvalue weighted by atomic mass is 16.1. The molecule has 2 rings (SSSR count). The number of anilines is 1. The van der Waals surface area contributed by atoms with E-state index in [1.165, 1.54) is 0 Å². The van der Waals surface area contributed by atoms with Crippen LogP contribution < -0.4 is 16.6 Å². The third kappa shape index (κ3) is 3.68. The lowest BCUT2D eigenvalue weighted by molar-refractivity contribution is 0.0906. The molecule has 1 aliphatic heterocycles. The number of hydrogen-bond donors (Lipinski definition) is 3. The van der Waals surface area contributed by atoms with Crippen LogP contribution in [-0.2, 0) is 0 Å².